The molecule has 0 heterocycles. The average Bonchev–Trinajstić information content (AvgIpc) is 3.45. The normalized spacial score (nSPS) is 12.5. The van der Waals surface area contributed by atoms with Crippen LogP contribution in [-0.2, 0) is 28.6 Å². The summed E-state index contributed by atoms with van der Waals surface area (Å²) in [6.45, 7) is 6.52. The summed E-state index contributed by atoms with van der Waals surface area (Å²) < 4.78 is 16.9. The Morgan fingerprint density at radius 1 is 0.266 bits per heavy atom. The third-order valence-electron chi connectivity index (χ3n) is 15.2. The molecule has 0 amide bonds. The highest BCUT2D eigenvalue weighted by Crippen LogP contribution is 2.18. The van der Waals surface area contributed by atoms with Gasteiger partial charge in [-0.1, -0.05) is 299 Å². The molecular weight excluding hydrogens is 973 g/mol. The van der Waals surface area contributed by atoms with E-state index >= 15 is 0 Å². The summed E-state index contributed by atoms with van der Waals surface area (Å²) in [6.07, 6.45) is 88.0. The first-order valence-corrected chi connectivity index (χ1v) is 34.4. The first-order chi connectivity index (χ1) is 39.0. The quantitative estimate of drug-likeness (QED) is 0.0261. The predicted molar refractivity (Wildman–Crippen MR) is 344 cm³/mol. The highest BCUT2D eigenvalue weighted by molar-refractivity contribution is 5.71. The maximum Gasteiger partial charge on any atom is 0.306 e. The number of carbonyl (C=O) groups excluding carboxylic acids is 3. The average molecular weight is 1100 g/mol. The molecule has 1 unspecified atom stereocenters. The molecule has 0 aliphatic carbocycles. The smallest absolute Gasteiger partial charge is 0.306 e. The zero-order valence-corrected chi connectivity index (χ0v) is 52.6. The minimum Gasteiger partial charge on any atom is -0.462 e. The zero-order valence-electron chi connectivity index (χ0n) is 52.6. The van der Waals surface area contributed by atoms with Gasteiger partial charge in [-0.3, -0.25) is 14.4 Å². The molecule has 0 aromatic heterocycles. The first-order valence-electron chi connectivity index (χ1n) is 34.4. The molecule has 0 radical (unpaired) electrons. The number of hydrogen-bond acceptors (Lipinski definition) is 6. The van der Waals surface area contributed by atoms with E-state index in [0.29, 0.717) is 19.3 Å². The summed E-state index contributed by atoms with van der Waals surface area (Å²) in [4.78, 5) is 38.2. The molecule has 458 valence electrons. The molecule has 0 aliphatic rings. The van der Waals surface area contributed by atoms with Crippen molar-refractivity contribution in [3.63, 3.8) is 0 Å². The molecule has 0 saturated heterocycles. The van der Waals surface area contributed by atoms with Crippen LogP contribution in [0.15, 0.2) is 72.9 Å². The molecule has 0 N–H and O–H groups in total. The molecular formula is C73H130O6. The predicted octanol–water partition coefficient (Wildman–Crippen LogP) is 23.7. The Bertz CT molecular complexity index is 1450. The Kier molecular flexibility index (Phi) is 64.7. The second-order valence-electron chi connectivity index (χ2n) is 23.1. The van der Waals surface area contributed by atoms with E-state index < -0.39 is 6.10 Å². The van der Waals surface area contributed by atoms with Crippen molar-refractivity contribution in [2.24, 2.45) is 0 Å². The summed E-state index contributed by atoms with van der Waals surface area (Å²) in [5.41, 5.74) is 0. The van der Waals surface area contributed by atoms with Crippen LogP contribution in [0.4, 0.5) is 0 Å². The largest absolute Gasteiger partial charge is 0.462 e. The first kappa shape index (κ1) is 75.8. The molecule has 0 saturated carbocycles. The van der Waals surface area contributed by atoms with Crippen molar-refractivity contribution in [3.8, 4) is 0 Å². The van der Waals surface area contributed by atoms with Crippen molar-refractivity contribution < 1.29 is 28.6 Å². The van der Waals surface area contributed by atoms with E-state index in [4.69, 9.17) is 14.2 Å². The standard InChI is InChI=1S/C73H130O6/c1-4-7-10-13-16-19-22-25-26-27-28-29-30-31-32-33-34-35-36-37-38-39-40-41-42-43-44-45-46-49-51-54-57-60-63-66-72(75)78-69-70(79-73(76)67-64-61-58-55-52-48-24-21-18-15-12-9-6-3)68-77-71(74)65-62-59-56-53-50-47-23-20-17-14-11-8-5-2/h7,10,16,19-21,23-26,28-29,70H,4-6,8-9,11-15,17-18,22,27,30-69H2,1-3H3/b10-7-,19-16-,23-20-,24-21-,26-25-,29-28-. The lowest BCUT2D eigenvalue weighted by molar-refractivity contribution is -0.167. The van der Waals surface area contributed by atoms with Gasteiger partial charge in [0.2, 0.25) is 0 Å². The third kappa shape index (κ3) is 65.5. The van der Waals surface area contributed by atoms with Crippen molar-refractivity contribution in [1.82, 2.24) is 0 Å². The Morgan fingerprint density at radius 3 is 0.785 bits per heavy atom. The topological polar surface area (TPSA) is 78.9 Å². The maximum absolute atomic E-state index is 12.9. The van der Waals surface area contributed by atoms with Gasteiger partial charge in [-0.15, -0.1) is 0 Å². The van der Waals surface area contributed by atoms with Gasteiger partial charge in [0, 0.05) is 19.3 Å². The van der Waals surface area contributed by atoms with Gasteiger partial charge in [0.05, 0.1) is 0 Å². The van der Waals surface area contributed by atoms with Crippen LogP contribution in [0.25, 0.3) is 0 Å². The van der Waals surface area contributed by atoms with Gasteiger partial charge in [-0.25, -0.2) is 0 Å². The SMILES string of the molecule is CC/C=C\C/C=C\C/C=C\C/C=C\CCCCCCCCCCCCCCCCCCCCCCCCC(=O)OCC(COC(=O)CCCCCCC/C=C\CCCCCC)OC(=O)CCCCCCC/C=C\CCCCCC. The van der Waals surface area contributed by atoms with Crippen molar-refractivity contribution >= 4 is 17.9 Å². The number of esters is 3. The fourth-order valence-electron chi connectivity index (χ4n) is 10.0. The number of allylic oxidation sites excluding steroid dienone is 12. The Morgan fingerprint density at radius 2 is 0.494 bits per heavy atom. The fraction of sp³-hybridized carbons (Fsp3) is 0.795. The Hall–Kier alpha value is -3.15. The summed E-state index contributed by atoms with van der Waals surface area (Å²) in [5, 5.41) is 0. The summed E-state index contributed by atoms with van der Waals surface area (Å²) in [6, 6.07) is 0. The van der Waals surface area contributed by atoms with Gasteiger partial charge in [0.1, 0.15) is 13.2 Å². The van der Waals surface area contributed by atoms with Gasteiger partial charge in [0.15, 0.2) is 6.10 Å². The molecule has 6 nitrogen and oxygen atoms in total. The lowest BCUT2D eigenvalue weighted by Gasteiger charge is -2.18. The van der Waals surface area contributed by atoms with Gasteiger partial charge < -0.3 is 14.2 Å². The molecule has 0 bridgehead atoms. The molecule has 0 rings (SSSR count). The summed E-state index contributed by atoms with van der Waals surface area (Å²) >= 11 is 0. The van der Waals surface area contributed by atoms with Crippen LogP contribution >= 0.6 is 0 Å². The lowest BCUT2D eigenvalue weighted by atomic mass is 10.0. The van der Waals surface area contributed by atoms with Crippen molar-refractivity contribution in [2.45, 2.75) is 361 Å². The van der Waals surface area contributed by atoms with Gasteiger partial charge in [0.25, 0.3) is 0 Å². The van der Waals surface area contributed by atoms with E-state index in [0.717, 1.165) is 103 Å². The van der Waals surface area contributed by atoms with E-state index in [2.05, 4.69) is 93.7 Å². The molecule has 0 aliphatic heterocycles. The molecule has 0 aromatic carbocycles. The minimum atomic E-state index is -0.780. The number of rotatable bonds is 63. The summed E-state index contributed by atoms with van der Waals surface area (Å²) in [7, 11) is 0. The third-order valence-corrected chi connectivity index (χ3v) is 15.2. The fourth-order valence-corrected chi connectivity index (χ4v) is 10.0. The number of carbonyl (C=O) groups is 3. The van der Waals surface area contributed by atoms with Crippen molar-refractivity contribution in [1.29, 1.82) is 0 Å². The molecule has 0 fully saturated rings. The van der Waals surface area contributed by atoms with Crippen LogP contribution in [0.5, 0.6) is 0 Å². The maximum atomic E-state index is 12.9. The van der Waals surface area contributed by atoms with Crippen LogP contribution in [0, 0.1) is 0 Å². The van der Waals surface area contributed by atoms with Crippen molar-refractivity contribution in [2.75, 3.05) is 13.2 Å². The van der Waals surface area contributed by atoms with E-state index in [1.54, 1.807) is 0 Å². The second-order valence-corrected chi connectivity index (χ2v) is 23.1. The molecule has 6 heteroatoms. The van der Waals surface area contributed by atoms with Gasteiger partial charge in [-0.05, 0) is 109 Å². The summed E-state index contributed by atoms with van der Waals surface area (Å²) in [5.74, 6) is -0.876. The lowest BCUT2D eigenvalue weighted by Crippen LogP contribution is -2.30. The highest BCUT2D eigenvalue weighted by atomic mass is 16.6. The molecule has 1 atom stereocenters. The zero-order chi connectivity index (χ0) is 57.1. The molecule has 0 aromatic rings. The molecule has 0 spiro atoms. The van der Waals surface area contributed by atoms with Crippen LogP contribution in [0.1, 0.15) is 355 Å². The van der Waals surface area contributed by atoms with Gasteiger partial charge in [-0.2, -0.15) is 0 Å². The monoisotopic (exact) mass is 1100 g/mol. The minimum absolute atomic E-state index is 0.0764. The molecule has 79 heavy (non-hydrogen) atoms. The van der Waals surface area contributed by atoms with Crippen LogP contribution in [0.2, 0.25) is 0 Å². The van der Waals surface area contributed by atoms with Crippen molar-refractivity contribution in [3.05, 3.63) is 72.9 Å². The van der Waals surface area contributed by atoms with E-state index in [1.807, 2.05) is 0 Å². The highest BCUT2D eigenvalue weighted by Gasteiger charge is 2.19. The number of ether oxygens (including phenoxy) is 3. The van der Waals surface area contributed by atoms with E-state index in [9.17, 15) is 14.4 Å². The second kappa shape index (κ2) is 67.4. The number of hydrogen-bond donors (Lipinski definition) is 0. The van der Waals surface area contributed by atoms with Crippen LogP contribution in [0.3, 0.4) is 0 Å². The van der Waals surface area contributed by atoms with Gasteiger partial charge >= 0.3 is 17.9 Å². The Labute approximate surface area is 491 Å². The van der Waals surface area contributed by atoms with Crippen LogP contribution < -0.4 is 0 Å². The van der Waals surface area contributed by atoms with E-state index in [-0.39, 0.29) is 31.1 Å². The number of unbranched alkanes of at least 4 members (excludes halogenated alkanes) is 40. The van der Waals surface area contributed by atoms with E-state index in [1.165, 1.54) is 212 Å². The van der Waals surface area contributed by atoms with Crippen LogP contribution in [-0.4, -0.2) is 37.2 Å². The Balaban J connectivity index is 4.05.